The fourth-order valence-corrected chi connectivity index (χ4v) is 4.13. The molecule has 172 valence electrons. The number of nitrogens with zero attached hydrogens (tertiary/aromatic N) is 9. The predicted octanol–water partition coefficient (Wildman–Crippen LogP) is 1.17. The van der Waals surface area contributed by atoms with Gasteiger partial charge in [0.15, 0.2) is 12.4 Å². The van der Waals surface area contributed by atoms with Crippen molar-refractivity contribution < 1.29 is 9.53 Å². The summed E-state index contributed by atoms with van der Waals surface area (Å²) in [5.74, 6) is 2.74. The van der Waals surface area contributed by atoms with Gasteiger partial charge in [0.25, 0.3) is 5.91 Å². The van der Waals surface area contributed by atoms with Crippen molar-refractivity contribution in [3.05, 3.63) is 43.0 Å². The van der Waals surface area contributed by atoms with E-state index in [0.29, 0.717) is 24.8 Å². The first-order valence-corrected chi connectivity index (χ1v) is 11.3. The van der Waals surface area contributed by atoms with E-state index in [-0.39, 0.29) is 12.5 Å². The summed E-state index contributed by atoms with van der Waals surface area (Å²) in [5.41, 5.74) is 0. The number of hydrogen-bond donors (Lipinski definition) is 0. The van der Waals surface area contributed by atoms with Gasteiger partial charge in [0.2, 0.25) is 5.88 Å². The van der Waals surface area contributed by atoms with Crippen molar-refractivity contribution in [2.24, 2.45) is 0 Å². The molecule has 11 nitrogen and oxygen atoms in total. The van der Waals surface area contributed by atoms with E-state index < -0.39 is 0 Å². The second kappa shape index (κ2) is 9.80. The maximum atomic E-state index is 12.6. The van der Waals surface area contributed by atoms with Crippen molar-refractivity contribution in [3.8, 4) is 11.7 Å². The number of ether oxygens (including phenoxy) is 1. The maximum Gasteiger partial charge on any atom is 0.260 e. The molecule has 3 aromatic heterocycles. The molecule has 0 aliphatic carbocycles. The van der Waals surface area contributed by atoms with Gasteiger partial charge >= 0.3 is 0 Å². The summed E-state index contributed by atoms with van der Waals surface area (Å²) in [6.45, 7) is 4.72. The first kappa shape index (κ1) is 21.1. The smallest absolute Gasteiger partial charge is 0.260 e. The zero-order chi connectivity index (χ0) is 22.5. The number of aromatic nitrogens is 6. The third kappa shape index (κ3) is 5.02. The van der Waals surface area contributed by atoms with Crippen LogP contribution in [-0.2, 0) is 4.79 Å². The van der Waals surface area contributed by atoms with Gasteiger partial charge in [0.1, 0.15) is 18.0 Å². The molecule has 2 aliphatic rings. The summed E-state index contributed by atoms with van der Waals surface area (Å²) < 4.78 is 7.16. The highest BCUT2D eigenvalue weighted by Gasteiger charge is 2.23. The minimum Gasteiger partial charge on any atom is -0.466 e. The number of hydrogen-bond acceptors (Lipinski definition) is 9. The van der Waals surface area contributed by atoms with Gasteiger partial charge in [0, 0.05) is 63.8 Å². The van der Waals surface area contributed by atoms with Crippen LogP contribution in [-0.4, -0.2) is 86.6 Å². The first-order valence-electron chi connectivity index (χ1n) is 11.3. The van der Waals surface area contributed by atoms with Crippen LogP contribution in [0, 0.1) is 0 Å². The average molecular weight is 450 g/mol. The summed E-state index contributed by atoms with van der Waals surface area (Å²) in [4.78, 5) is 27.9. The largest absolute Gasteiger partial charge is 0.466 e. The van der Waals surface area contributed by atoms with E-state index in [1.165, 1.54) is 19.3 Å². The minimum atomic E-state index is -0.0671. The summed E-state index contributed by atoms with van der Waals surface area (Å²) >= 11 is 0. The van der Waals surface area contributed by atoms with Crippen molar-refractivity contribution in [1.29, 1.82) is 0 Å². The Morgan fingerprint density at radius 1 is 0.879 bits per heavy atom. The lowest BCUT2D eigenvalue weighted by Gasteiger charge is -2.35. The number of amides is 1. The Morgan fingerprint density at radius 2 is 1.64 bits per heavy atom. The standard InChI is InChI=1S/C22H27N9O2/c32-22(16-33-21-6-5-18(26-27-21)31-10-4-7-25-31)30-13-11-29(12-14-30)20-15-19(23-17-24-20)28-8-2-1-3-9-28/h4-7,10,15,17H,1-3,8-9,11-14,16H2. The van der Waals surface area contributed by atoms with Gasteiger partial charge in [-0.3, -0.25) is 4.79 Å². The lowest BCUT2D eigenvalue weighted by Crippen LogP contribution is -2.50. The van der Waals surface area contributed by atoms with E-state index in [9.17, 15) is 4.79 Å². The average Bonchev–Trinajstić information content (AvgIpc) is 3.43. The molecule has 0 N–H and O–H groups in total. The normalized spacial score (nSPS) is 16.7. The number of piperidine rings is 1. The Morgan fingerprint density at radius 3 is 2.30 bits per heavy atom. The number of rotatable bonds is 6. The second-order valence-electron chi connectivity index (χ2n) is 8.12. The van der Waals surface area contributed by atoms with Gasteiger partial charge in [0.05, 0.1) is 0 Å². The second-order valence-corrected chi connectivity index (χ2v) is 8.12. The molecule has 2 fully saturated rings. The molecule has 5 rings (SSSR count). The number of piperazine rings is 1. The molecule has 0 radical (unpaired) electrons. The lowest BCUT2D eigenvalue weighted by atomic mass is 10.1. The van der Waals surface area contributed by atoms with Crippen LogP contribution in [0.5, 0.6) is 5.88 Å². The molecule has 0 bridgehead atoms. The Balaban J connectivity index is 1.11. The summed E-state index contributed by atoms with van der Waals surface area (Å²) in [6, 6.07) is 7.31. The third-order valence-corrected chi connectivity index (χ3v) is 5.98. The van der Waals surface area contributed by atoms with Crippen molar-refractivity contribution in [2.45, 2.75) is 19.3 Å². The molecule has 2 saturated heterocycles. The minimum absolute atomic E-state index is 0.0655. The van der Waals surface area contributed by atoms with Gasteiger partial charge in [-0.2, -0.15) is 5.10 Å². The Kier molecular flexibility index (Phi) is 6.27. The molecule has 11 heteroatoms. The summed E-state index contributed by atoms with van der Waals surface area (Å²) in [5, 5.41) is 12.2. The molecule has 0 atom stereocenters. The Bertz CT molecular complexity index is 1040. The molecular formula is C22H27N9O2. The Labute approximate surface area is 192 Å². The van der Waals surface area contributed by atoms with Crippen LogP contribution >= 0.6 is 0 Å². The number of carbonyl (C=O) groups is 1. The molecule has 0 saturated carbocycles. The quantitative estimate of drug-likeness (QED) is 0.548. The highest BCUT2D eigenvalue weighted by Crippen LogP contribution is 2.22. The zero-order valence-electron chi connectivity index (χ0n) is 18.5. The lowest BCUT2D eigenvalue weighted by molar-refractivity contribution is -0.133. The van der Waals surface area contributed by atoms with E-state index >= 15 is 0 Å². The molecule has 5 heterocycles. The van der Waals surface area contributed by atoms with E-state index in [1.807, 2.05) is 11.0 Å². The molecular weight excluding hydrogens is 422 g/mol. The molecule has 2 aliphatic heterocycles. The monoisotopic (exact) mass is 449 g/mol. The molecule has 1 amide bonds. The summed E-state index contributed by atoms with van der Waals surface area (Å²) in [7, 11) is 0. The number of anilines is 2. The van der Waals surface area contributed by atoms with Gasteiger partial charge in [-0.05, 0) is 31.4 Å². The van der Waals surface area contributed by atoms with E-state index in [0.717, 1.165) is 37.8 Å². The molecule has 3 aromatic rings. The van der Waals surface area contributed by atoms with E-state index in [4.69, 9.17) is 4.74 Å². The third-order valence-electron chi connectivity index (χ3n) is 5.98. The Hall–Kier alpha value is -3.76. The highest BCUT2D eigenvalue weighted by atomic mass is 16.5. The fourth-order valence-electron chi connectivity index (χ4n) is 4.13. The van der Waals surface area contributed by atoms with Crippen LogP contribution < -0.4 is 14.5 Å². The van der Waals surface area contributed by atoms with Gasteiger partial charge in [-0.25, -0.2) is 14.6 Å². The van der Waals surface area contributed by atoms with Crippen LogP contribution in [0.2, 0.25) is 0 Å². The molecule has 0 spiro atoms. The predicted molar refractivity (Wildman–Crippen MR) is 122 cm³/mol. The topological polar surface area (TPSA) is 105 Å². The summed E-state index contributed by atoms with van der Waals surface area (Å²) in [6.07, 6.45) is 8.80. The number of carbonyl (C=O) groups excluding carboxylic acids is 1. The van der Waals surface area contributed by atoms with Gasteiger partial charge in [-0.1, -0.05) is 0 Å². The van der Waals surface area contributed by atoms with Crippen LogP contribution in [0.15, 0.2) is 43.0 Å². The van der Waals surface area contributed by atoms with Crippen LogP contribution in [0.4, 0.5) is 11.6 Å². The maximum absolute atomic E-state index is 12.6. The SMILES string of the molecule is O=C(COc1ccc(-n2cccn2)nn1)N1CCN(c2cc(N3CCCCC3)ncn2)CC1. The van der Waals surface area contributed by atoms with Crippen LogP contribution in [0.1, 0.15) is 19.3 Å². The van der Waals surface area contributed by atoms with Gasteiger partial charge < -0.3 is 19.4 Å². The highest BCUT2D eigenvalue weighted by molar-refractivity contribution is 5.78. The van der Waals surface area contributed by atoms with Crippen molar-refractivity contribution in [1.82, 2.24) is 34.8 Å². The molecule has 0 unspecified atom stereocenters. The first-order chi connectivity index (χ1) is 16.3. The van der Waals surface area contributed by atoms with Crippen molar-refractivity contribution >= 4 is 17.5 Å². The van der Waals surface area contributed by atoms with Crippen LogP contribution in [0.3, 0.4) is 0 Å². The molecule has 33 heavy (non-hydrogen) atoms. The van der Waals surface area contributed by atoms with Crippen molar-refractivity contribution in [3.63, 3.8) is 0 Å². The fraction of sp³-hybridized carbons (Fsp3) is 0.455. The van der Waals surface area contributed by atoms with Crippen LogP contribution in [0.25, 0.3) is 5.82 Å². The van der Waals surface area contributed by atoms with E-state index in [2.05, 4.69) is 41.1 Å². The zero-order valence-corrected chi connectivity index (χ0v) is 18.5. The molecule has 0 aromatic carbocycles. The van der Waals surface area contributed by atoms with Gasteiger partial charge in [-0.15, -0.1) is 10.2 Å². The van der Waals surface area contributed by atoms with E-state index in [1.54, 1.807) is 35.5 Å². The van der Waals surface area contributed by atoms with Crippen molar-refractivity contribution in [2.75, 3.05) is 55.7 Å².